The molecule has 3 nitrogen and oxygen atoms in total. The van der Waals surface area contributed by atoms with Crippen LogP contribution in [0.1, 0.15) is 10.4 Å². The number of methoxy groups -OCH3 is 1. The Balaban J connectivity index is 1.97. The van der Waals surface area contributed by atoms with Crippen LogP contribution in [0.15, 0.2) is 60.7 Å². The molecule has 110 valence electrons. The summed E-state index contributed by atoms with van der Waals surface area (Å²) in [7, 11) is 1.59. The molecule has 0 saturated carbocycles. The van der Waals surface area contributed by atoms with E-state index in [9.17, 15) is 4.79 Å². The highest BCUT2D eigenvalue weighted by atomic mass is 35.5. The first-order valence-electron chi connectivity index (χ1n) is 6.81. The summed E-state index contributed by atoms with van der Waals surface area (Å²) in [5.74, 6) is 0.514. The van der Waals surface area contributed by atoms with Gasteiger partial charge in [0.15, 0.2) is 0 Å². The molecule has 0 heterocycles. The molecule has 3 rings (SSSR count). The van der Waals surface area contributed by atoms with Gasteiger partial charge >= 0.3 is 0 Å². The Morgan fingerprint density at radius 1 is 1.00 bits per heavy atom. The Labute approximate surface area is 133 Å². The quantitative estimate of drug-likeness (QED) is 0.757. The minimum atomic E-state index is -0.180. The molecular formula is C18H14ClNO2. The Bertz CT molecular complexity index is 845. The Kier molecular flexibility index (Phi) is 3.98. The van der Waals surface area contributed by atoms with Crippen LogP contribution in [0, 0.1) is 0 Å². The van der Waals surface area contributed by atoms with E-state index in [1.165, 1.54) is 0 Å². The van der Waals surface area contributed by atoms with Crippen LogP contribution in [0.2, 0.25) is 5.02 Å². The minimum absolute atomic E-state index is 0.180. The van der Waals surface area contributed by atoms with Crippen molar-refractivity contribution in [3.05, 3.63) is 71.2 Å². The van der Waals surface area contributed by atoms with Gasteiger partial charge in [0.05, 0.1) is 7.11 Å². The van der Waals surface area contributed by atoms with Crippen molar-refractivity contribution < 1.29 is 9.53 Å². The summed E-state index contributed by atoms with van der Waals surface area (Å²) in [5, 5.41) is 5.21. The van der Waals surface area contributed by atoms with E-state index in [4.69, 9.17) is 16.3 Å². The van der Waals surface area contributed by atoms with Gasteiger partial charge in [0.25, 0.3) is 5.91 Å². The van der Waals surface area contributed by atoms with Gasteiger partial charge in [0.2, 0.25) is 0 Å². The molecule has 0 aliphatic heterocycles. The first-order valence-corrected chi connectivity index (χ1v) is 7.19. The van der Waals surface area contributed by atoms with E-state index in [1.807, 2.05) is 48.5 Å². The van der Waals surface area contributed by atoms with Crippen LogP contribution >= 0.6 is 11.6 Å². The number of benzene rings is 3. The molecule has 0 fully saturated rings. The SMILES string of the molecule is COc1cccc(NC(=O)c2cccc3c(Cl)cccc23)c1. The molecule has 22 heavy (non-hydrogen) atoms. The van der Waals surface area contributed by atoms with Gasteiger partial charge in [0.1, 0.15) is 5.75 Å². The molecule has 0 saturated heterocycles. The lowest BCUT2D eigenvalue weighted by atomic mass is 10.0. The molecule has 0 spiro atoms. The first kappa shape index (κ1) is 14.4. The molecule has 0 bridgehead atoms. The number of hydrogen-bond acceptors (Lipinski definition) is 2. The number of anilines is 1. The van der Waals surface area contributed by atoms with Crippen molar-refractivity contribution in [1.82, 2.24) is 0 Å². The zero-order valence-corrected chi connectivity index (χ0v) is 12.7. The molecule has 3 aromatic rings. The Morgan fingerprint density at radius 3 is 2.55 bits per heavy atom. The fourth-order valence-electron chi connectivity index (χ4n) is 2.37. The second-order valence-electron chi connectivity index (χ2n) is 4.83. The topological polar surface area (TPSA) is 38.3 Å². The van der Waals surface area contributed by atoms with Crippen molar-refractivity contribution in [2.75, 3.05) is 12.4 Å². The summed E-state index contributed by atoms with van der Waals surface area (Å²) in [5.41, 5.74) is 1.27. The highest BCUT2D eigenvalue weighted by Gasteiger charge is 2.11. The standard InChI is InChI=1S/C18H14ClNO2/c1-22-13-6-2-5-12(11-13)20-18(21)16-9-3-8-15-14(16)7-4-10-17(15)19/h2-11H,1H3,(H,20,21). The molecule has 0 aliphatic carbocycles. The van der Waals surface area contributed by atoms with Gasteiger partial charge in [0, 0.05) is 27.7 Å². The summed E-state index contributed by atoms with van der Waals surface area (Å²) >= 11 is 6.19. The molecule has 0 radical (unpaired) electrons. The van der Waals surface area contributed by atoms with E-state index >= 15 is 0 Å². The van der Waals surface area contributed by atoms with Gasteiger partial charge in [-0.15, -0.1) is 0 Å². The van der Waals surface area contributed by atoms with Crippen LogP contribution < -0.4 is 10.1 Å². The third-order valence-electron chi connectivity index (χ3n) is 3.44. The predicted octanol–water partition coefficient (Wildman–Crippen LogP) is 4.75. The number of ether oxygens (including phenoxy) is 1. The number of fused-ring (bicyclic) bond motifs is 1. The Hall–Kier alpha value is -2.52. The number of carbonyl (C=O) groups is 1. The molecule has 1 amide bonds. The van der Waals surface area contributed by atoms with E-state index in [0.717, 1.165) is 10.8 Å². The van der Waals surface area contributed by atoms with Gasteiger partial charge in [-0.25, -0.2) is 0 Å². The van der Waals surface area contributed by atoms with Crippen LogP contribution in [-0.4, -0.2) is 13.0 Å². The van der Waals surface area contributed by atoms with Crippen molar-refractivity contribution in [3.8, 4) is 5.75 Å². The number of nitrogens with one attached hydrogen (secondary N) is 1. The zero-order chi connectivity index (χ0) is 15.5. The molecule has 4 heteroatoms. The average molecular weight is 312 g/mol. The number of carbonyl (C=O) groups excluding carboxylic acids is 1. The molecule has 0 aliphatic rings. The summed E-state index contributed by atoms with van der Waals surface area (Å²) < 4.78 is 5.16. The van der Waals surface area contributed by atoms with Crippen molar-refractivity contribution >= 4 is 34.0 Å². The van der Waals surface area contributed by atoms with E-state index in [0.29, 0.717) is 22.0 Å². The van der Waals surface area contributed by atoms with Gasteiger partial charge in [-0.3, -0.25) is 4.79 Å². The average Bonchev–Trinajstić information content (AvgIpc) is 2.55. The van der Waals surface area contributed by atoms with Gasteiger partial charge in [-0.1, -0.05) is 41.9 Å². The molecule has 0 aromatic heterocycles. The number of halogens is 1. The van der Waals surface area contributed by atoms with Gasteiger partial charge in [-0.2, -0.15) is 0 Å². The smallest absolute Gasteiger partial charge is 0.256 e. The molecular weight excluding hydrogens is 298 g/mol. The summed E-state index contributed by atoms with van der Waals surface area (Å²) in [6, 6.07) is 18.3. The maximum atomic E-state index is 12.5. The van der Waals surface area contributed by atoms with E-state index in [1.54, 1.807) is 19.2 Å². The van der Waals surface area contributed by atoms with E-state index in [-0.39, 0.29) is 5.91 Å². The molecule has 0 atom stereocenters. The molecule has 3 aromatic carbocycles. The fourth-order valence-corrected chi connectivity index (χ4v) is 2.61. The van der Waals surface area contributed by atoms with Gasteiger partial charge < -0.3 is 10.1 Å². The third-order valence-corrected chi connectivity index (χ3v) is 3.77. The van der Waals surface area contributed by atoms with Crippen molar-refractivity contribution in [1.29, 1.82) is 0 Å². The van der Waals surface area contributed by atoms with Crippen LogP contribution in [-0.2, 0) is 0 Å². The van der Waals surface area contributed by atoms with Crippen LogP contribution in [0.3, 0.4) is 0 Å². The largest absolute Gasteiger partial charge is 0.497 e. The van der Waals surface area contributed by atoms with Crippen LogP contribution in [0.25, 0.3) is 10.8 Å². The number of rotatable bonds is 3. The van der Waals surface area contributed by atoms with E-state index < -0.39 is 0 Å². The lowest BCUT2D eigenvalue weighted by Crippen LogP contribution is -2.12. The summed E-state index contributed by atoms with van der Waals surface area (Å²) in [4.78, 5) is 12.5. The number of hydrogen-bond donors (Lipinski definition) is 1. The van der Waals surface area contributed by atoms with Gasteiger partial charge in [-0.05, 0) is 29.7 Å². The first-order chi connectivity index (χ1) is 10.7. The predicted molar refractivity (Wildman–Crippen MR) is 89.9 cm³/mol. The second-order valence-corrected chi connectivity index (χ2v) is 5.23. The lowest BCUT2D eigenvalue weighted by molar-refractivity contribution is 0.102. The normalized spacial score (nSPS) is 10.5. The minimum Gasteiger partial charge on any atom is -0.497 e. The maximum Gasteiger partial charge on any atom is 0.256 e. The second kappa shape index (κ2) is 6.08. The zero-order valence-electron chi connectivity index (χ0n) is 12.0. The van der Waals surface area contributed by atoms with Crippen molar-refractivity contribution in [2.24, 2.45) is 0 Å². The lowest BCUT2D eigenvalue weighted by Gasteiger charge is -2.09. The third kappa shape index (κ3) is 2.76. The Morgan fingerprint density at radius 2 is 1.73 bits per heavy atom. The summed E-state index contributed by atoms with van der Waals surface area (Å²) in [6.45, 7) is 0. The van der Waals surface area contributed by atoms with Crippen molar-refractivity contribution in [2.45, 2.75) is 0 Å². The number of amides is 1. The fraction of sp³-hybridized carbons (Fsp3) is 0.0556. The molecule has 1 N–H and O–H groups in total. The highest BCUT2D eigenvalue weighted by Crippen LogP contribution is 2.26. The van der Waals surface area contributed by atoms with Crippen LogP contribution in [0.5, 0.6) is 5.75 Å². The highest BCUT2D eigenvalue weighted by molar-refractivity contribution is 6.36. The molecule has 0 unspecified atom stereocenters. The summed E-state index contributed by atoms with van der Waals surface area (Å²) in [6.07, 6.45) is 0. The van der Waals surface area contributed by atoms with E-state index in [2.05, 4.69) is 5.32 Å². The van der Waals surface area contributed by atoms with Crippen LogP contribution in [0.4, 0.5) is 5.69 Å². The maximum absolute atomic E-state index is 12.5. The van der Waals surface area contributed by atoms with Crippen molar-refractivity contribution in [3.63, 3.8) is 0 Å². The monoisotopic (exact) mass is 311 g/mol.